The second-order valence-corrected chi connectivity index (χ2v) is 6.44. The van der Waals surface area contributed by atoms with Gasteiger partial charge >= 0.3 is 5.97 Å². The molecular formula is C15H25NO3. The molecule has 1 amide bonds. The summed E-state index contributed by atoms with van der Waals surface area (Å²) in [6.45, 7) is 5.78. The van der Waals surface area contributed by atoms with Crippen LogP contribution in [-0.2, 0) is 9.59 Å². The Morgan fingerprint density at radius 2 is 2.00 bits per heavy atom. The first-order chi connectivity index (χ1) is 8.98. The topological polar surface area (TPSA) is 57.6 Å². The lowest BCUT2D eigenvalue weighted by atomic mass is 9.90. The second-order valence-electron chi connectivity index (χ2n) is 6.44. The summed E-state index contributed by atoms with van der Waals surface area (Å²) in [6, 6.07) is 0. The molecule has 2 rings (SSSR count). The number of carboxylic acids is 1. The highest BCUT2D eigenvalue weighted by Gasteiger charge is 2.59. The molecule has 0 radical (unpaired) electrons. The highest BCUT2D eigenvalue weighted by Crippen LogP contribution is 2.59. The molecular weight excluding hydrogens is 242 g/mol. The third-order valence-corrected chi connectivity index (χ3v) is 4.90. The standard InChI is InChI=1S/C15H25NO3/c1-3-4-11(2)9-13(17)16-7-5-15(6-8-16)10-12(15)14(18)19/h11-12H,3-10H2,1-2H3,(H,18,19). The molecule has 4 heteroatoms. The number of rotatable bonds is 5. The van der Waals surface area contributed by atoms with Crippen LogP contribution in [0.3, 0.4) is 0 Å². The minimum absolute atomic E-state index is 0.0254. The van der Waals surface area contributed by atoms with Gasteiger partial charge < -0.3 is 10.0 Å². The lowest BCUT2D eigenvalue weighted by Crippen LogP contribution is -2.40. The van der Waals surface area contributed by atoms with Crippen LogP contribution < -0.4 is 0 Å². The van der Waals surface area contributed by atoms with Crippen LogP contribution in [0.4, 0.5) is 0 Å². The minimum Gasteiger partial charge on any atom is -0.481 e. The first kappa shape index (κ1) is 14.4. The molecule has 0 aromatic rings. The Morgan fingerprint density at radius 3 is 2.47 bits per heavy atom. The van der Waals surface area contributed by atoms with Gasteiger partial charge in [0.15, 0.2) is 0 Å². The Bertz CT molecular complexity index is 358. The zero-order chi connectivity index (χ0) is 14.0. The summed E-state index contributed by atoms with van der Waals surface area (Å²) in [4.78, 5) is 25.1. The third-order valence-electron chi connectivity index (χ3n) is 4.90. The summed E-state index contributed by atoms with van der Waals surface area (Å²) in [5, 5.41) is 9.04. The number of likely N-dealkylation sites (tertiary alicyclic amines) is 1. The van der Waals surface area contributed by atoms with E-state index < -0.39 is 5.97 Å². The molecule has 1 aliphatic heterocycles. The molecule has 0 aromatic heterocycles. The fourth-order valence-corrected chi connectivity index (χ4v) is 3.47. The zero-order valence-electron chi connectivity index (χ0n) is 12.0. The van der Waals surface area contributed by atoms with Crippen LogP contribution in [-0.4, -0.2) is 35.0 Å². The van der Waals surface area contributed by atoms with E-state index in [1.165, 1.54) is 0 Å². The van der Waals surface area contributed by atoms with Gasteiger partial charge in [0.1, 0.15) is 0 Å². The maximum absolute atomic E-state index is 12.1. The van der Waals surface area contributed by atoms with Gasteiger partial charge in [-0.3, -0.25) is 9.59 Å². The second kappa shape index (κ2) is 5.51. The molecule has 2 aliphatic rings. The van der Waals surface area contributed by atoms with Gasteiger partial charge in [0.05, 0.1) is 5.92 Å². The first-order valence-corrected chi connectivity index (χ1v) is 7.49. The molecule has 1 saturated heterocycles. The van der Waals surface area contributed by atoms with Crippen LogP contribution in [0.1, 0.15) is 52.4 Å². The summed E-state index contributed by atoms with van der Waals surface area (Å²) in [7, 11) is 0. The van der Waals surface area contributed by atoms with Crippen LogP contribution >= 0.6 is 0 Å². The quantitative estimate of drug-likeness (QED) is 0.832. The van der Waals surface area contributed by atoms with E-state index in [2.05, 4.69) is 13.8 Å². The normalized spacial score (nSPS) is 26.2. The highest BCUT2D eigenvalue weighted by molar-refractivity contribution is 5.77. The van der Waals surface area contributed by atoms with Crippen LogP contribution in [0.25, 0.3) is 0 Å². The van der Waals surface area contributed by atoms with E-state index in [1.807, 2.05) is 4.90 Å². The molecule has 2 atom stereocenters. The van der Waals surface area contributed by atoms with Gasteiger partial charge in [0.25, 0.3) is 0 Å². The molecule has 2 unspecified atom stereocenters. The summed E-state index contributed by atoms with van der Waals surface area (Å²) in [5.74, 6) is -0.0930. The van der Waals surface area contributed by atoms with Crippen molar-refractivity contribution in [3.05, 3.63) is 0 Å². The van der Waals surface area contributed by atoms with E-state index in [0.717, 1.165) is 45.2 Å². The Labute approximate surface area is 115 Å². The van der Waals surface area contributed by atoms with Crippen molar-refractivity contribution in [2.75, 3.05) is 13.1 Å². The molecule has 2 fully saturated rings. The Kier molecular flexibility index (Phi) is 4.16. The molecule has 108 valence electrons. The molecule has 1 N–H and O–H groups in total. The third kappa shape index (κ3) is 3.10. The fraction of sp³-hybridized carbons (Fsp3) is 0.867. The van der Waals surface area contributed by atoms with Crippen molar-refractivity contribution >= 4 is 11.9 Å². The number of hydrogen-bond donors (Lipinski definition) is 1. The molecule has 0 aromatic carbocycles. The van der Waals surface area contributed by atoms with Gasteiger partial charge in [-0.25, -0.2) is 0 Å². The number of amides is 1. The molecule has 1 heterocycles. The molecule has 1 saturated carbocycles. The van der Waals surface area contributed by atoms with E-state index in [1.54, 1.807) is 0 Å². The Morgan fingerprint density at radius 1 is 1.37 bits per heavy atom. The van der Waals surface area contributed by atoms with Gasteiger partial charge in [-0.15, -0.1) is 0 Å². The van der Waals surface area contributed by atoms with Crippen molar-refractivity contribution in [1.82, 2.24) is 4.90 Å². The van der Waals surface area contributed by atoms with Gasteiger partial charge in [0, 0.05) is 19.5 Å². The molecule has 4 nitrogen and oxygen atoms in total. The lowest BCUT2D eigenvalue weighted by molar-refractivity contribution is -0.140. The molecule has 19 heavy (non-hydrogen) atoms. The number of nitrogens with zero attached hydrogens (tertiary/aromatic N) is 1. The number of carboxylic acid groups (broad SMARTS) is 1. The summed E-state index contributed by atoms with van der Waals surface area (Å²) in [6.07, 6.45) is 5.43. The highest BCUT2D eigenvalue weighted by atomic mass is 16.4. The van der Waals surface area contributed by atoms with Crippen molar-refractivity contribution in [2.45, 2.75) is 52.4 Å². The van der Waals surface area contributed by atoms with E-state index in [9.17, 15) is 9.59 Å². The van der Waals surface area contributed by atoms with Crippen LogP contribution in [0.2, 0.25) is 0 Å². The zero-order valence-corrected chi connectivity index (χ0v) is 12.0. The largest absolute Gasteiger partial charge is 0.481 e. The number of carbonyl (C=O) groups is 2. The van der Waals surface area contributed by atoms with Gasteiger partial charge in [-0.1, -0.05) is 26.7 Å². The van der Waals surface area contributed by atoms with E-state index in [4.69, 9.17) is 5.11 Å². The van der Waals surface area contributed by atoms with E-state index >= 15 is 0 Å². The number of aliphatic carboxylic acids is 1. The van der Waals surface area contributed by atoms with Crippen molar-refractivity contribution in [2.24, 2.45) is 17.3 Å². The Hall–Kier alpha value is -1.06. The van der Waals surface area contributed by atoms with Crippen molar-refractivity contribution < 1.29 is 14.7 Å². The number of piperidine rings is 1. The van der Waals surface area contributed by atoms with Gasteiger partial charge in [0.2, 0.25) is 5.91 Å². The van der Waals surface area contributed by atoms with E-state index in [0.29, 0.717) is 12.3 Å². The Balaban J connectivity index is 1.77. The van der Waals surface area contributed by atoms with Crippen molar-refractivity contribution in [3.8, 4) is 0 Å². The predicted octanol–water partition coefficient (Wildman–Crippen LogP) is 2.53. The van der Waals surface area contributed by atoms with Crippen LogP contribution in [0.15, 0.2) is 0 Å². The molecule has 0 bridgehead atoms. The lowest BCUT2D eigenvalue weighted by Gasteiger charge is -2.33. The smallest absolute Gasteiger partial charge is 0.307 e. The van der Waals surface area contributed by atoms with Crippen LogP contribution in [0, 0.1) is 17.3 Å². The predicted molar refractivity (Wildman–Crippen MR) is 72.7 cm³/mol. The first-order valence-electron chi connectivity index (χ1n) is 7.49. The number of hydrogen-bond acceptors (Lipinski definition) is 2. The fourth-order valence-electron chi connectivity index (χ4n) is 3.47. The maximum atomic E-state index is 12.1. The van der Waals surface area contributed by atoms with Crippen molar-refractivity contribution in [3.63, 3.8) is 0 Å². The minimum atomic E-state index is -0.656. The average molecular weight is 267 g/mol. The maximum Gasteiger partial charge on any atom is 0.307 e. The monoisotopic (exact) mass is 267 g/mol. The summed E-state index contributed by atoms with van der Waals surface area (Å²) < 4.78 is 0. The SMILES string of the molecule is CCCC(C)CC(=O)N1CCC2(CC1)CC2C(=O)O. The van der Waals surface area contributed by atoms with E-state index in [-0.39, 0.29) is 17.2 Å². The van der Waals surface area contributed by atoms with Crippen LogP contribution in [0.5, 0.6) is 0 Å². The average Bonchev–Trinajstić information content (AvgIpc) is 3.04. The summed E-state index contributed by atoms with van der Waals surface area (Å²) in [5.41, 5.74) is 0.0254. The van der Waals surface area contributed by atoms with Crippen molar-refractivity contribution in [1.29, 1.82) is 0 Å². The molecule has 1 spiro atoms. The summed E-state index contributed by atoms with van der Waals surface area (Å²) >= 11 is 0. The number of carbonyl (C=O) groups excluding carboxylic acids is 1. The van der Waals surface area contributed by atoms with Gasteiger partial charge in [-0.2, -0.15) is 0 Å². The molecule has 1 aliphatic carbocycles. The van der Waals surface area contributed by atoms with Gasteiger partial charge in [-0.05, 0) is 30.6 Å².